The molecule has 0 saturated carbocycles. The van der Waals surface area contributed by atoms with E-state index < -0.39 is 6.03 Å². The number of carbonyl (C=O) groups is 1. The van der Waals surface area contributed by atoms with Crippen LogP contribution in [0, 0.1) is 0 Å². The van der Waals surface area contributed by atoms with Gasteiger partial charge in [-0.2, -0.15) is 0 Å². The first-order chi connectivity index (χ1) is 9.15. The van der Waals surface area contributed by atoms with Gasteiger partial charge in [-0.3, -0.25) is 5.43 Å². The molecule has 0 aliphatic rings. The lowest BCUT2D eigenvalue weighted by atomic mass is 10.1. The maximum absolute atomic E-state index is 11.0. The number of urea groups is 1. The third kappa shape index (κ3) is 3.92. The highest BCUT2D eigenvalue weighted by Crippen LogP contribution is 2.34. The number of nitrogens with two attached hydrogens (primary N) is 1. The predicted octanol–water partition coefficient (Wildman–Crippen LogP) is 0.428. The highest BCUT2D eigenvalue weighted by molar-refractivity contribution is 5.73. The average Bonchev–Trinajstić information content (AvgIpc) is 2.46. The van der Waals surface area contributed by atoms with Crippen LogP contribution in [0.4, 0.5) is 4.79 Å². The molecule has 0 spiro atoms. The van der Waals surface area contributed by atoms with E-state index in [0.29, 0.717) is 30.2 Å². The SMILES string of the molecule is COc1cc(OC)c(CCNC(=O)NN)c(OC)c1. The van der Waals surface area contributed by atoms with E-state index in [1.165, 1.54) is 0 Å². The minimum atomic E-state index is -0.438. The largest absolute Gasteiger partial charge is 0.496 e. The molecule has 0 heterocycles. The summed E-state index contributed by atoms with van der Waals surface area (Å²) in [6.45, 7) is 0.405. The van der Waals surface area contributed by atoms with E-state index in [0.717, 1.165) is 5.56 Å². The number of nitrogens with one attached hydrogen (secondary N) is 2. The van der Waals surface area contributed by atoms with E-state index in [4.69, 9.17) is 20.1 Å². The molecule has 4 N–H and O–H groups in total. The molecule has 0 atom stereocenters. The van der Waals surface area contributed by atoms with Crippen LogP contribution in [0.1, 0.15) is 5.56 Å². The van der Waals surface area contributed by atoms with Crippen molar-refractivity contribution in [1.82, 2.24) is 10.7 Å². The van der Waals surface area contributed by atoms with E-state index in [1.807, 2.05) is 5.43 Å². The summed E-state index contributed by atoms with van der Waals surface area (Å²) < 4.78 is 15.8. The Morgan fingerprint density at radius 3 is 2.16 bits per heavy atom. The monoisotopic (exact) mass is 269 g/mol. The molecule has 0 aliphatic carbocycles. The number of ether oxygens (including phenoxy) is 3. The lowest BCUT2D eigenvalue weighted by Gasteiger charge is -2.15. The third-order valence-corrected chi connectivity index (χ3v) is 2.61. The van der Waals surface area contributed by atoms with Gasteiger partial charge in [0.2, 0.25) is 0 Å². The molecule has 0 bridgehead atoms. The second kappa shape index (κ2) is 7.32. The Labute approximate surface area is 112 Å². The van der Waals surface area contributed by atoms with Crippen LogP contribution in [-0.4, -0.2) is 33.9 Å². The van der Waals surface area contributed by atoms with Crippen LogP contribution in [-0.2, 0) is 6.42 Å². The van der Waals surface area contributed by atoms with Crippen LogP contribution in [0.15, 0.2) is 12.1 Å². The Morgan fingerprint density at radius 2 is 1.74 bits per heavy atom. The van der Waals surface area contributed by atoms with Gasteiger partial charge in [0.25, 0.3) is 0 Å². The standard InChI is InChI=1S/C12H19N3O4/c1-17-8-6-10(18-2)9(11(7-8)19-3)4-5-14-12(16)15-13/h6-7H,4-5,13H2,1-3H3,(H2,14,15,16). The zero-order chi connectivity index (χ0) is 14.3. The molecule has 19 heavy (non-hydrogen) atoms. The van der Waals surface area contributed by atoms with Gasteiger partial charge in [-0.15, -0.1) is 0 Å². The van der Waals surface area contributed by atoms with Gasteiger partial charge in [-0.05, 0) is 6.42 Å². The van der Waals surface area contributed by atoms with Crippen LogP contribution in [0.3, 0.4) is 0 Å². The first kappa shape index (κ1) is 14.9. The molecule has 0 unspecified atom stereocenters. The number of hydrogen-bond donors (Lipinski definition) is 3. The summed E-state index contributed by atoms with van der Waals surface area (Å²) in [7, 11) is 4.70. The van der Waals surface area contributed by atoms with Crippen molar-refractivity contribution in [2.24, 2.45) is 5.84 Å². The Kier molecular flexibility index (Phi) is 5.74. The van der Waals surface area contributed by atoms with E-state index in [-0.39, 0.29) is 0 Å². The normalized spacial score (nSPS) is 9.68. The summed E-state index contributed by atoms with van der Waals surface area (Å²) in [6, 6.07) is 3.09. The number of carbonyl (C=O) groups excluding carboxylic acids is 1. The molecule has 0 aliphatic heterocycles. The van der Waals surface area contributed by atoms with Crippen LogP contribution >= 0.6 is 0 Å². The minimum Gasteiger partial charge on any atom is -0.496 e. The fraction of sp³-hybridized carbons (Fsp3) is 0.417. The number of rotatable bonds is 6. The Bertz CT molecular complexity index is 412. The van der Waals surface area contributed by atoms with Crippen LogP contribution < -0.4 is 30.8 Å². The summed E-state index contributed by atoms with van der Waals surface area (Å²) in [5.41, 5.74) is 2.84. The van der Waals surface area contributed by atoms with E-state index >= 15 is 0 Å². The topological polar surface area (TPSA) is 94.8 Å². The molecular weight excluding hydrogens is 250 g/mol. The molecule has 7 nitrogen and oxygen atoms in total. The van der Waals surface area contributed by atoms with Gasteiger partial charge >= 0.3 is 6.03 Å². The quantitative estimate of drug-likeness (QED) is 0.395. The molecule has 0 aromatic heterocycles. The zero-order valence-corrected chi connectivity index (χ0v) is 11.3. The van der Waals surface area contributed by atoms with E-state index in [9.17, 15) is 4.79 Å². The summed E-state index contributed by atoms with van der Waals surface area (Å²) in [4.78, 5) is 11.0. The second-order valence-corrected chi connectivity index (χ2v) is 3.66. The Hall–Kier alpha value is -2.15. The fourth-order valence-corrected chi connectivity index (χ4v) is 1.68. The zero-order valence-electron chi connectivity index (χ0n) is 11.3. The van der Waals surface area contributed by atoms with Crippen molar-refractivity contribution in [2.75, 3.05) is 27.9 Å². The van der Waals surface area contributed by atoms with Gasteiger partial charge in [0, 0.05) is 24.2 Å². The highest BCUT2D eigenvalue weighted by atomic mass is 16.5. The van der Waals surface area contributed by atoms with E-state index in [2.05, 4.69) is 5.32 Å². The average molecular weight is 269 g/mol. The van der Waals surface area contributed by atoms with Gasteiger partial charge < -0.3 is 19.5 Å². The molecular formula is C12H19N3O4. The maximum atomic E-state index is 11.0. The lowest BCUT2D eigenvalue weighted by Crippen LogP contribution is -2.40. The van der Waals surface area contributed by atoms with Gasteiger partial charge in [0.05, 0.1) is 21.3 Å². The molecule has 1 aromatic rings. The highest BCUT2D eigenvalue weighted by Gasteiger charge is 2.13. The van der Waals surface area contributed by atoms with Crippen molar-refractivity contribution >= 4 is 6.03 Å². The molecule has 1 aromatic carbocycles. The fourth-order valence-electron chi connectivity index (χ4n) is 1.68. The van der Waals surface area contributed by atoms with Crippen molar-refractivity contribution in [2.45, 2.75) is 6.42 Å². The lowest BCUT2D eigenvalue weighted by molar-refractivity contribution is 0.241. The van der Waals surface area contributed by atoms with Crippen molar-refractivity contribution in [3.63, 3.8) is 0 Å². The third-order valence-electron chi connectivity index (χ3n) is 2.61. The van der Waals surface area contributed by atoms with Gasteiger partial charge in [0.1, 0.15) is 17.2 Å². The van der Waals surface area contributed by atoms with Crippen molar-refractivity contribution < 1.29 is 19.0 Å². The Balaban J connectivity index is 2.88. The molecule has 0 radical (unpaired) electrons. The number of hydrogen-bond acceptors (Lipinski definition) is 5. The predicted molar refractivity (Wildman–Crippen MR) is 70.5 cm³/mol. The number of amides is 2. The smallest absolute Gasteiger partial charge is 0.328 e. The molecule has 0 saturated heterocycles. The summed E-state index contributed by atoms with van der Waals surface area (Å²) in [5.74, 6) is 6.91. The van der Waals surface area contributed by atoms with Crippen LogP contribution in [0.5, 0.6) is 17.2 Å². The second-order valence-electron chi connectivity index (χ2n) is 3.66. The maximum Gasteiger partial charge on any atom is 0.328 e. The van der Waals surface area contributed by atoms with Gasteiger partial charge in [-0.1, -0.05) is 0 Å². The number of benzene rings is 1. The van der Waals surface area contributed by atoms with Crippen LogP contribution in [0.2, 0.25) is 0 Å². The van der Waals surface area contributed by atoms with Gasteiger partial charge in [0.15, 0.2) is 0 Å². The minimum absolute atomic E-state index is 0.405. The summed E-state index contributed by atoms with van der Waals surface area (Å²) >= 11 is 0. The van der Waals surface area contributed by atoms with Crippen molar-refractivity contribution in [1.29, 1.82) is 0 Å². The van der Waals surface area contributed by atoms with Crippen molar-refractivity contribution in [3.8, 4) is 17.2 Å². The van der Waals surface area contributed by atoms with Crippen molar-refractivity contribution in [3.05, 3.63) is 17.7 Å². The first-order valence-electron chi connectivity index (χ1n) is 5.69. The number of hydrazine groups is 1. The molecule has 0 fully saturated rings. The molecule has 1 rings (SSSR count). The molecule has 2 amide bonds. The van der Waals surface area contributed by atoms with E-state index in [1.54, 1.807) is 33.5 Å². The summed E-state index contributed by atoms with van der Waals surface area (Å²) in [6.07, 6.45) is 0.545. The molecule has 106 valence electrons. The first-order valence-corrected chi connectivity index (χ1v) is 5.69. The Morgan fingerprint density at radius 1 is 1.16 bits per heavy atom. The summed E-state index contributed by atoms with van der Waals surface area (Å²) in [5, 5.41) is 2.59. The van der Waals surface area contributed by atoms with Crippen LogP contribution in [0.25, 0.3) is 0 Å². The number of methoxy groups -OCH3 is 3. The van der Waals surface area contributed by atoms with Gasteiger partial charge in [-0.25, -0.2) is 10.6 Å². The molecule has 7 heteroatoms.